The maximum absolute atomic E-state index is 12.3. The van der Waals surface area contributed by atoms with Gasteiger partial charge in [-0.25, -0.2) is 17.7 Å². The summed E-state index contributed by atoms with van der Waals surface area (Å²) >= 11 is 1.42. The molecular formula is C27H36N4O5S2. The number of thiazole rings is 1. The van der Waals surface area contributed by atoms with Crippen LogP contribution in [0.25, 0.3) is 11.3 Å². The van der Waals surface area contributed by atoms with E-state index in [0.717, 1.165) is 46.9 Å². The number of rotatable bonds is 14. The number of nitrogens with two attached hydrogens (primary N) is 1. The van der Waals surface area contributed by atoms with Crippen LogP contribution in [0.15, 0.2) is 53.7 Å². The van der Waals surface area contributed by atoms with Crippen molar-refractivity contribution >= 4 is 32.3 Å². The molecule has 0 aliphatic rings. The first kappa shape index (κ1) is 29.2. The Balaban J connectivity index is 1.47. The van der Waals surface area contributed by atoms with Crippen molar-refractivity contribution < 1.29 is 23.1 Å². The summed E-state index contributed by atoms with van der Waals surface area (Å²) in [6.45, 7) is 6.99. The SMILES string of the molecule is CCS(=O)(=O)N(C)c1nc(-c2ccc(OCCCCCOc3ccc(C(N)=NO)cc3)cc2)c(C(C)C)s1. The van der Waals surface area contributed by atoms with Gasteiger partial charge in [-0.3, -0.25) is 0 Å². The molecule has 0 aliphatic carbocycles. The van der Waals surface area contributed by atoms with E-state index in [9.17, 15) is 8.42 Å². The predicted molar refractivity (Wildman–Crippen MR) is 153 cm³/mol. The summed E-state index contributed by atoms with van der Waals surface area (Å²) in [5.41, 5.74) is 7.94. The summed E-state index contributed by atoms with van der Waals surface area (Å²) in [5, 5.41) is 12.2. The zero-order chi connectivity index (χ0) is 27.7. The Kier molecular flexibility index (Phi) is 10.4. The van der Waals surface area contributed by atoms with Crippen LogP contribution in [-0.2, 0) is 10.0 Å². The third kappa shape index (κ3) is 7.61. The van der Waals surface area contributed by atoms with Gasteiger partial charge in [0.1, 0.15) is 11.5 Å². The van der Waals surface area contributed by atoms with E-state index >= 15 is 0 Å². The molecule has 0 radical (unpaired) electrons. The summed E-state index contributed by atoms with van der Waals surface area (Å²) in [4.78, 5) is 5.73. The second-order valence-electron chi connectivity index (χ2n) is 9.02. The fourth-order valence-corrected chi connectivity index (χ4v) is 5.69. The molecule has 3 aromatic rings. The number of sulfonamides is 1. The number of benzene rings is 2. The van der Waals surface area contributed by atoms with Crippen LogP contribution in [0.1, 0.15) is 56.4 Å². The molecule has 1 heterocycles. The highest BCUT2D eigenvalue weighted by atomic mass is 32.2. The van der Waals surface area contributed by atoms with Crippen LogP contribution in [0.5, 0.6) is 11.5 Å². The average molecular weight is 561 g/mol. The molecule has 0 bridgehead atoms. The van der Waals surface area contributed by atoms with E-state index in [-0.39, 0.29) is 17.5 Å². The molecule has 0 fully saturated rings. The lowest BCUT2D eigenvalue weighted by molar-refractivity contribution is 0.279. The van der Waals surface area contributed by atoms with Gasteiger partial charge in [0.25, 0.3) is 0 Å². The molecule has 0 aliphatic heterocycles. The highest BCUT2D eigenvalue weighted by Gasteiger charge is 2.23. The van der Waals surface area contributed by atoms with Gasteiger partial charge in [0.15, 0.2) is 11.0 Å². The van der Waals surface area contributed by atoms with Crippen molar-refractivity contribution in [2.45, 2.75) is 46.0 Å². The van der Waals surface area contributed by atoms with Gasteiger partial charge < -0.3 is 20.4 Å². The number of hydrogen-bond acceptors (Lipinski definition) is 8. The number of aromatic nitrogens is 1. The van der Waals surface area contributed by atoms with E-state index < -0.39 is 10.0 Å². The van der Waals surface area contributed by atoms with E-state index in [4.69, 9.17) is 20.4 Å². The van der Waals surface area contributed by atoms with Crippen LogP contribution in [-0.4, -0.2) is 50.5 Å². The summed E-state index contributed by atoms with van der Waals surface area (Å²) in [6.07, 6.45) is 2.77. The van der Waals surface area contributed by atoms with Gasteiger partial charge in [0.05, 0.1) is 24.7 Å². The molecule has 9 nitrogen and oxygen atoms in total. The van der Waals surface area contributed by atoms with Gasteiger partial charge >= 0.3 is 0 Å². The minimum atomic E-state index is -3.37. The first-order chi connectivity index (χ1) is 18.2. The molecule has 206 valence electrons. The Hall–Kier alpha value is -3.31. The Labute approximate surface area is 229 Å². The van der Waals surface area contributed by atoms with Crippen molar-refractivity contribution in [1.82, 2.24) is 4.98 Å². The van der Waals surface area contributed by atoms with E-state index in [2.05, 4.69) is 24.0 Å². The molecule has 0 saturated heterocycles. The van der Waals surface area contributed by atoms with Gasteiger partial charge in [0, 0.05) is 23.1 Å². The highest BCUT2D eigenvalue weighted by molar-refractivity contribution is 7.92. The lowest BCUT2D eigenvalue weighted by Gasteiger charge is -2.14. The van der Waals surface area contributed by atoms with Crippen molar-refractivity contribution in [2.75, 3.05) is 30.3 Å². The number of amidine groups is 1. The topological polar surface area (TPSA) is 127 Å². The third-order valence-corrected chi connectivity index (χ3v) is 9.21. The van der Waals surface area contributed by atoms with Crippen molar-refractivity contribution in [2.24, 2.45) is 10.9 Å². The largest absolute Gasteiger partial charge is 0.494 e. The van der Waals surface area contributed by atoms with Crippen molar-refractivity contribution in [3.8, 4) is 22.8 Å². The van der Waals surface area contributed by atoms with Gasteiger partial charge in [0.2, 0.25) is 10.0 Å². The maximum atomic E-state index is 12.3. The Morgan fingerprint density at radius 2 is 1.58 bits per heavy atom. The lowest BCUT2D eigenvalue weighted by Crippen LogP contribution is -2.27. The molecule has 3 rings (SSSR count). The summed E-state index contributed by atoms with van der Waals surface area (Å²) in [7, 11) is -1.82. The van der Waals surface area contributed by atoms with E-state index in [1.165, 1.54) is 15.6 Å². The highest BCUT2D eigenvalue weighted by Crippen LogP contribution is 2.38. The van der Waals surface area contributed by atoms with Gasteiger partial charge in [-0.2, -0.15) is 0 Å². The number of anilines is 1. The van der Waals surface area contributed by atoms with Crippen LogP contribution in [0.2, 0.25) is 0 Å². The second kappa shape index (κ2) is 13.5. The summed E-state index contributed by atoms with van der Waals surface area (Å²) in [5.74, 6) is 1.83. The molecule has 0 unspecified atom stereocenters. The third-order valence-electron chi connectivity index (χ3n) is 5.93. The first-order valence-corrected chi connectivity index (χ1v) is 15.0. The number of hydrogen-bond donors (Lipinski definition) is 2. The van der Waals surface area contributed by atoms with Crippen LogP contribution in [0, 0.1) is 0 Å². The molecule has 3 N–H and O–H groups in total. The number of oxime groups is 1. The monoisotopic (exact) mass is 560 g/mol. The molecule has 0 spiro atoms. The molecular weight excluding hydrogens is 524 g/mol. The van der Waals surface area contributed by atoms with Gasteiger partial charge in [-0.05, 0) is 80.6 Å². The van der Waals surface area contributed by atoms with E-state index in [1.807, 2.05) is 24.3 Å². The molecule has 11 heteroatoms. The number of ether oxygens (including phenoxy) is 2. The minimum absolute atomic E-state index is 0.0282. The molecule has 0 atom stereocenters. The minimum Gasteiger partial charge on any atom is -0.494 e. The molecule has 38 heavy (non-hydrogen) atoms. The zero-order valence-electron chi connectivity index (χ0n) is 22.3. The average Bonchev–Trinajstić information content (AvgIpc) is 3.38. The lowest BCUT2D eigenvalue weighted by atomic mass is 10.1. The molecule has 0 saturated carbocycles. The van der Waals surface area contributed by atoms with Crippen molar-refractivity contribution in [3.63, 3.8) is 0 Å². The Morgan fingerprint density at radius 3 is 2.08 bits per heavy atom. The summed E-state index contributed by atoms with van der Waals surface area (Å²) < 4.78 is 37.5. The predicted octanol–water partition coefficient (Wildman–Crippen LogP) is 5.44. The smallest absolute Gasteiger partial charge is 0.236 e. The number of unbranched alkanes of at least 4 members (excludes halogenated alkanes) is 2. The first-order valence-electron chi connectivity index (χ1n) is 12.6. The second-order valence-corrected chi connectivity index (χ2v) is 12.3. The fraction of sp³-hybridized carbons (Fsp3) is 0.407. The van der Waals surface area contributed by atoms with Crippen LogP contribution >= 0.6 is 11.3 Å². The van der Waals surface area contributed by atoms with Crippen LogP contribution in [0.3, 0.4) is 0 Å². The summed E-state index contributed by atoms with van der Waals surface area (Å²) in [6, 6.07) is 14.9. The zero-order valence-corrected chi connectivity index (χ0v) is 23.9. The molecule has 1 aromatic heterocycles. The Morgan fingerprint density at radius 1 is 1.03 bits per heavy atom. The standard InChI is InChI=1S/C27H36N4O5S2/c1-5-38(33,34)31(4)27-29-24(25(37-27)19(2)3)20-9-13-22(14-10-20)35-17-7-6-8-18-36-23-15-11-21(12-16-23)26(28)30-32/h9-16,19,32H,5-8,17-18H2,1-4H3,(H2,28,30). The van der Waals surface area contributed by atoms with Crippen molar-refractivity contribution in [1.29, 1.82) is 0 Å². The van der Waals surface area contributed by atoms with E-state index in [1.54, 1.807) is 38.2 Å². The Bertz CT molecular complexity index is 1300. The van der Waals surface area contributed by atoms with Gasteiger partial charge in [-0.15, -0.1) is 11.3 Å². The van der Waals surface area contributed by atoms with E-state index in [0.29, 0.717) is 23.9 Å². The van der Waals surface area contributed by atoms with Crippen LogP contribution in [0.4, 0.5) is 5.13 Å². The maximum Gasteiger partial charge on any atom is 0.236 e. The van der Waals surface area contributed by atoms with Crippen molar-refractivity contribution in [3.05, 3.63) is 59.0 Å². The normalized spacial score (nSPS) is 12.1. The molecule has 2 aromatic carbocycles. The fourth-order valence-electron chi connectivity index (χ4n) is 3.62. The number of nitrogens with zero attached hydrogens (tertiary/aromatic N) is 3. The quantitative estimate of drug-likeness (QED) is 0.0883. The van der Waals surface area contributed by atoms with Crippen LogP contribution < -0.4 is 19.5 Å². The van der Waals surface area contributed by atoms with Gasteiger partial charge in [-0.1, -0.05) is 19.0 Å². The molecule has 0 amide bonds.